The molecule has 10 nitrogen and oxygen atoms in total. The molecule has 3 N–H and O–H groups in total. The number of alkyl halides is 3. The molecule has 1 aromatic heterocycles. The van der Waals surface area contributed by atoms with Crippen LogP contribution < -0.4 is 30.3 Å². The lowest BCUT2D eigenvalue weighted by Gasteiger charge is -2.36. The highest BCUT2D eigenvalue weighted by Crippen LogP contribution is 2.54. The predicted molar refractivity (Wildman–Crippen MR) is 157 cm³/mol. The van der Waals surface area contributed by atoms with Gasteiger partial charge in [0.15, 0.2) is 0 Å². The second-order valence-electron chi connectivity index (χ2n) is 11.4. The van der Waals surface area contributed by atoms with Crippen molar-refractivity contribution in [1.29, 1.82) is 0 Å². The summed E-state index contributed by atoms with van der Waals surface area (Å²) in [7, 11) is 0. The van der Waals surface area contributed by atoms with Crippen LogP contribution in [0.3, 0.4) is 0 Å². The summed E-state index contributed by atoms with van der Waals surface area (Å²) < 4.78 is 54.3. The summed E-state index contributed by atoms with van der Waals surface area (Å²) in [5, 5.41) is 8.17. The van der Waals surface area contributed by atoms with Crippen molar-refractivity contribution in [2.24, 2.45) is 0 Å². The van der Waals surface area contributed by atoms with Crippen molar-refractivity contribution in [3.63, 3.8) is 0 Å². The minimum absolute atomic E-state index is 0.0606. The molecule has 0 radical (unpaired) electrons. The lowest BCUT2D eigenvalue weighted by molar-refractivity contribution is -0.137. The number of carbonyl (C=O) groups is 2. The Morgan fingerprint density at radius 1 is 1.11 bits per heavy atom. The van der Waals surface area contributed by atoms with E-state index in [0.29, 0.717) is 62.1 Å². The molecule has 1 unspecified atom stereocenters. The number of halogens is 3. The van der Waals surface area contributed by atoms with Crippen molar-refractivity contribution in [3.8, 4) is 17.2 Å². The van der Waals surface area contributed by atoms with E-state index >= 15 is 0 Å². The number of benzene rings is 2. The van der Waals surface area contributed by atoms with Crippen LogP contribution in [-0.2, 0) is 17.4 Å². The van der Waals surface area contributed by atoms with Crippen LogP contribution in [0.15, 0.2) is 48.7 Å². The Bertz CT molecular complexity index is 1620. The number of nitrogens with one attached hydrogen (secondary N) is 3. The molecule has 2 aromatic carbocycles. The molecular weight excluding hydrogens is 577 g/mol. The Balaban J connectivity index is 1.01. The summed E-state index contributed by atoms with van der Waals surface area (Å²) in [5.74, 6) is 2.16. The van der Waals surface area contributed by atoms with E-state index in [1.807, 2.05) is 19.1 Å². The van der Waals surface area contributed by atoms with Gasteiger partial charge in [0.2, 0.25) is 5.91 Å². The van der Waals surface area contributed by atoms with Crippen molar-refractivity contribution in [3.05, 3.63) is 65.4 Å². The van der Waals surface area contributed by atoms with Gasteiger partial charge in [-0.1, -0.05) is 6.92 Å². The standard InChI is InChI=1S/C31H31F3N6O4/c1-2-39-11-13-40(14-12-39)22-6-3-17(15-21(22)31(32,33)34)36-30(42)38-27-26-20-16-18(4-7-23(20)44-28(26)27)43-24-9-10-35-29-19(24)5-8-25(41)37-29/h3-4,6-7,9-10,15-16,26-28H,2,5,8,11-14H2,1H3,(H,35,37,41)(H2,36,38,42)/t26-,27-,28?/m0/s1. The Kier molecular flexibility index (Phi) is 6.99. The highest BCUT2D eigenvalue weighted by atomic mass is 19.4. The molecule has 1 saturated carbocycles. The number of piperazine rings is 1. The average Bonchev–Trinajstić information content (AvgIpc) is 3.52. The van der Waals surface area contributed by atoms with Gasteiger partial charge in [-0.3, -0.25) is 4.79 Å². The molecule has 13 heteroatoms. The molecule has 4 aliphatic rings. The van der Waals surface area contributed by atoms with E-state index in [1.165, 1.54) is 12.1 Å². The monoisotopic (exact) mass is 608 g/mol. The van der Waals surface area contributed by atoms with Gasteiger partial charge in [0, 0.05) is 61.3 Å². The molecule has 0 spiro atoms. The molecule has 1 saturated heterocycles. The van der Waals surface area contributed by atoms with Crippen molar-refractivity contribution >= 4 is 29.1 Å². The molecule has 3 atom stereocenters. The zero-order valence-electron chi connectivity index (χ0n) is 23.9. The quantitative estimate of drug-likeness (QED) is 0.363. The summed E-state index contributed by atoms with van der Waals surface area (Å²) >= 11 is 0. The number of carbonyl (C=O) groups excluding carboxylic acids is 2. The summed E-state index contributed by atoms with van der Waals surface area (Å²) in [6, 6.07) is 10.2. The number of aromatic nitrogens is 1. The molecule has 0 bridgehead atoms. The first-order valence-corrected chi connectivity index (χ1v) is 14.7. The molecule has 2 fully saturated rings. The van der Waals surface area contributed by atoms with Crippen LogP contribution in [-0.4, -0.2) is 66.7 Å². The fraction of sp³-hybridized carbons (Fsp3) is 0.387. The summed E-state index contributed by atoms with van der Waals surface area (Å²) in [6.45, 7) is 5.31. The van der Waals surface area contributed by atoms with Gasteiger partial charge in [0.05, 0.1) is 17.5 Å². The predicted octanol–water partition coefficient (Wildman–Crippen LogP) is 4.97. The maximum Gasteiger partial charge on any atom is 0.418 e. The number of fused-ring (bicyclic) bond motifs is 4. The Labute approximate surface area is 251 Å². The lowest BCUT2D eigenvalue weighted by atomic mass is 10.1. The molecular formula is C31H31F3N6O4. The smallest absolute Gasteiger partial charge is 0.418 e. The molecule has 7 rings (SSSR count). The minimum atomic E-state index is -4.57. The minimum Gasteiger partial charge on any atom is -0.487 e. The molecule has 3 aromatic rings. The number of amides is 3. The molecule has 44 heavy (non-hydrogen) atoms. The largest absolute Gasteiger partial charge is 0.487 e. The fourth-order valence-corrected chi connectivity index (χ4v) is 6.30. The number of pyridine rings is 1. The number of rotatable bonds is 6. The number of hydrogen-bond acceptors (Lipinski definition) is 7. The van der Waals surface area contributed by atoms with E-state index in [-0.39, 0.29) is 35.3 Å². The normalized spacial score (nSPS) is 22.2. The Morgan fingerprint density at radius 2 is 1.93 bits per heavy atom. The highest BCUT2D eigenvalue weighted by molar-refractivity contribution is 5.93. The summed E-state index contributed by atoms with van der Waals surface area (Å²) in [5.41, 5.74) is 1.11. The van der Waals surface area contributed by atoms with Crippen LogP contribution in [0.2, 0.25) is 0 Å². The van der Waals surface area contributed by atoms with Crippen LogP contribution in [0.1, 0.15) is 36.0 Å². The average molecular weight is 609 g/mol. The number of nitrogens with zero attached hydrogens (tertiary/aromatic N) is 3. The first-order chi connectivity index (χ1) is 21.2. The third-order valence-electron chi connectivity index (χ3n) is 8.68. The van der Waals surface area contributed by atoms with Gasteiger partial charge in [0.1, 0.15) is 29.2 Å². The van der Waals surface area contributed by atoms with E-state index < -0.39 is 17.8 Å². The zero-order chi connectivity index (χ0) is 30.6. The van der Waals surface area contributed by atoms with Crippen molar-refractivity contribution in [1.82, 2.24) is 15.2 Å². The molecule has 1 aliphatic carbocycles. The van der Waals surface area contributed by atoms with E-state index in [9.17, 15) is 22.8 Å². The second kappa shape index (κ2) is 10.9. The fourth-order valence-electron chi connectivity index (χ4n) is 6.30. The van der Waals surface area contributed by atoms with Crippen molar-refractivity contribution in [2.75, 3.05) is 48.3 Å². The van der Waals surface area contributed by atoms with Gasteiger partial charge >= 0.3 is 12.2 Å². The van der Waals surface area contributed by atoms with Gasteiger partial charge in [-0.05, 0) is 55.4 Å². The van der Waals surface area contributed by atoms with E-state index in [0.717, 1.165) is 23.7 Å². The van der Waals surface area contributed by atoms with Gasteiger partial charge < -0.3 is 35.2 Å². The van der Waals surface area contributed by atoms with Crippen molar-refractivity contribution in [2.45, 2.75) is 44.0 Å². The van der Waals surface area contributed by atoms with Gasteiger partial charge in [-0.15, -0.1) is 0 Å². The molecule has 3 aliphatic heterocycles. The van der Waals surface area contributed by atoms with E-state index in [1.54, 1.807) is 23.2 Å². The van der Waals surface area contributed by atoms with Crippen LogP contribution in [0.5, 0.6) is 17.2 Å². The maximum absolute atomic E-state index is 14.0. The SMILES string of the molecule is CCN1CCN(c2ccc(NC(=O)N[C@@H]3C4Oc5ccc(Oc6ccnc7c6CCC(=O)N7)cc5[C@H]43)cc2C(F)(F)F)CC1. The van der Waals surface area contributed by atoms with Gasteiger partial charge in [-0.2, -0.15) is 13.2 Å². The van der Waals surface area contributed by atoms with Crippen molar-refractivity contribution < 1.29 is 32.2 Å². The highest BCUT2D eigenvalue weighted by Gasteiger charge is 2.59. The topological polar surface area (TPSA) is 108 Å². The second-order valence-corrected chi connectivity index (χ2v) is 11.4. The van der Waals surface area contributed by atoms with Crippen LogP contribution in [0.25, 0.3) is 0 Å². The number of hydrogen-bond donors (Lipinski definition) is 3. The van der Waals surface area contributed by atoms with E-state index in [2.05, 4.69) is 25.8 Å². The lowest BCUT2D eigenvalue weighted by Crippen LogP contribution is -2.46. The zero-order valence-corrected chi connectivity index (χ0v) is 23.9. The van der Waals surface area contributed by atoms with Gasteiger partial charge in [0.25, 0.3) is 0 Å². The number of likely N-dealkylation sites (N-methyl/N-ethyl adjacent to an activating group) is 1. The first kappa shape index (κ1) is 28.3. The number of urea groups is 1. The third kappa shape index (κ3) is 5.36. The maximum atomic E-state index is 14.0. The molecule has 4 heterocycles. The first-order valence-electron chi connectivity index (χ1n) is 14.7. The Morgan fingerprint density at radius 3 is 2.70 bits per heavy atom. The van der Waals surface area contributed by atoms with Gasteiger partial charge in [-0.25, -0.2) is 9.78 Å². The third-order valence-corrected chi connectivity index (χ3v) is 8.68. The Hall–Kier alpha value is -4.52. The summed E-state index contributed by atoms with van der Waals surface area (Å²) in [6.07, 6.45) is -2.40. The molecule has 3 amide bonds. The van der Waals surface area contributed by atoms with E-state index in [4.69, 9.17) is 9.47 Å². The van der Waals surface area contributed by atoms with Crippen LogP contribution in [0.4, 0.5) is 35.2 Å². The summed E-state index contributed by atoms with van der Waals surface area (Å²) in [4.78, 5) is 32.8. The van der Waals surface area contributed by atoms with Crippen LogP contribution >= 0.6 is 0 Å². The number of anilines is 3. The molecule has 230 valence electrons. The van der Waals surface area contributed by atoms with Crippen LogP contribution in [0, 0.1) is 0 Å². The number of ether oxygens (including phenoxy) is 2.